The van der Waals surface area contributed by atoms with E-state index in [4.69, 9.17) is 5.11 Å². The summed E-state index contributed by atoms with van der Waals surface area (Å²) < 4.78 is 12.8. The van der Waals surface area contributed by atoms with Crippen LogP contribution in [0.3, 0.4) is 0 Å². The number of amides is 1. The third kappa shape index (κ3) is 2.66. The van der Waals surface area contributed by atoms with Crippen molar-refractivity contribution in [2.75, 3.05) is 0 Å². The molecule has 3 unspecified atom stereocenters. The molecular weight excluding hydrogens is 261 g/mol. The van der Waals surface area contributed by atoms with Gasteiger partial charge in [0.1, 0.15) is 11.9 Å². The number of hydrogen-bond acceptors (Lipinski definition) is 2. The third-order valence-corrected chi connectivity index (χ3v) is 4.08. The second-order valence-electron chi connectivity index (χ2n) is 5.66. The maximum atomic E-state index is 12.8. The van der Waals surface area contributed by atoms with Crippen molar-refractivity contribution < 1.29 is 19.1 Å². The lowest BCUT2D eigenvalue weighted by Gasteiger charge is -2.13. The minimum atomic E-state index is -0.958. The molecule has 2 fully saturated rings. The first-order valence-corrected chi connectivity index (χ1v) is 6.85. The number of nitrogens with one attached hydrogen (secondary N) is 1. The van der Waals surface area contributed by atoms with E-state index in [1.807, 2.05) is 0 Å². The summed E-state index contributed by atoms with van der Waals surface area (Å²) in [6.45, 7) is 0. The zero-order valence-corrected chi connectivity index (χ0v) is 10.9. The largest absolute Gasteiger partial charge is 0.480 e. The molecule has 1 aromatic rings. The molecule has 2 aliphatic carbocycles. The first-order chi connectivity index (χ1) is 9.56. The molecule has 4 nitrogen and oxygen atoms in total. The summed E-state index contributed by atoms with van der Waals surface area (Å²) in [4.78, 5) is 23.1. The number of halogens is 1. The van der Waals surface area contributed by atoms with Crippen LogP contribution in [0.5, 0.6) is 0 Å². The lowest BCUT2D eigenvalue weighted by atomic mass is 10.1. The number of carbonyl (C=O) groups is 2. The highest BCUT2D eigenvalue weighted by Crippen LogP contribution is 2.47. The van der Waals surface area contributed by atoms with Crippen LogP contribution in [0.25, 0.3) is 0 Å². The van der Waals surface area contributed by atoms with Crippen molar-refractivity contribution >= 4 is 11.9 Å². The minimum absolute atomic E-state index is 0.0828. The Bertz CT molecular complexity index is 539. The van der Waals surface area contributed by atoms with Gasteiger partial charge in [-0.1, -0.05) is 12.1 Å². The Morgan fingerprint density at radius 3 is 2.45 bits per heavy atom. The molecule has 0 spiro atoms. The van der Waals surface area contributed by atoms with Gasteiger partial charge in [-0.15, -0.1) is 0 Å². The predicted molar refractivity (Wildman–Crippen MR) is 69.5 cm³/mol. The maximum absolute atomic E-state index is 12.8. The molecule has 3 rings (SSSR count). The van der Waals surface area contributed by atoms with E-state index in [2.05, 4.69) is 5.32 Å². The average Bonchev–Trinajstić information content (AvgIpc) is 3.27. The normalized spacial score (nSPS) is 25.9. The zero-order valence-electron chi connectivity index (χ0n) is 10.9. The maximum Gasteiger partial charge on any atom is 0.326 e. The molecule has 0 bridgehead atoms. The molecule has 1 amide bonds. The molecule has 2 aliphatic rings. The molecule has 0 radical (unpaired) electrons. The molecule has 20 heavy (non-hydrogen) atoms. The van der Waals surface area contributed by atoms with Gasteiger partial charge < -0.3 is 10.4 Å². The molecule has 2 saturated carbocycles. The Morgan fingerprint density at radius 1 is 1.25 bits per heavy atom. The molecule has 3 atom stereocenters. The van der Waals surface area contributed by atoms with Crippen LogP contribution < -0.4 is 5.32 Å². The molecule has 0 aliphatic heterocycles. The standard InChI is InChI=1S/C15H16FNO3/c16-10-5-3-8(4-6-10)11-7-12(11)14(18)17-13(15(19)20)9-1-2-9/h3-6,9,11-13H,1-2,7H2,(H,17,18)(H,19,20). The van der Waals surface area contributed by atoms with Gasteiger partial charge in [-0.05, 0) is 48.8 Å². The SMILES string of the molecule is O=C(NC(C(=O)O)C1CC1)C1CC1c1ccc(F)cc1. The summed E-state index contributed by atoms with van der Waals surface area (Å²) in [5.74, 6) is -1.46. The Balaban J connectivity index is 1.59. The zero-order chi connectivity index (χ0) is 14.3. The summed E-state index contributed by atoms with van der Waals surface area (Å²) >= 11 is 0. The van der Waals surface area contributed by atoms with Crippen molar-refractivity contribution in [3.05, 3.63) is 35.6 Å². The van der Waals surface area contributed by atoms with Gasteiger partial charge in [-0.3, -0.25) is 4.79 Å². The average molecular weight is 277 g/mol. The predicted octanol–water partition coefficient (Wildman–Crippen LogP) is 1.91. The number of carboxylic acid groups (broad SMARTS) is 1. The number of rotatable bonds is 5. The van der Waals surface area contributed by atoms with Crippen LogP contribution in [-0.2, 0) is 9.59 Å². The summed E-state index contributed by atoms with van der Waals surface area (Å²) in [5, 5.41) is 11.7. The second kappa shape index (κ2) is 4.89. The smallest absolute Gasteiger partial charge is 0.326 e. The van der Waals surface area contributed by atoms with Crippen molar-refractivity contribution in [1.29, 1.82) is 0 Å². The summed E-state index contributed by atoms with van der Waals surface area (Å²) in [6, 6.07) is 5.38. The van der Waals surface area contributed by atoms with Gasteiger partial charge in [0.2, 0.25) is 5.91 Å². The monoisotopic (exact) mass is 277 g/mol. The molecule has 0 aromatic heterocycles. The molecular formula is C15H16FNO3. The number of carbonyl (C=O) groups excluding carboxylic acids is 1. The van der Waals surface area contributed by atoms with E-state index in [0.717, 1.165) is 18.4 Å². The number of aliphatic carboxylic acids is 1. The third-order valence-electron chi connectivity index (χ3n) is 4.08. The van der Waals surface area contributed by atoms with Gasteiger partial charge >= 0.3 is 5.97 Å². The van der Waals surface area contributed by atoms with Gasteiger partial charge in [-0.25, -0.2) is 9.18 Å². The quantitative estimate of drug-likeness (QED) is 0.864. The molecule has 106 valence electrons. The van der Waals surface area contributed by atoms with E-state index >= 15 is 0 Å². The Labute approximate surface area is 116 Å². The van der Waals surface area contributed by atoms with Gasteiger partial charge in [0, 0.05) is 5.92 Å². The fourth-order valence-corrected chi connectivity index (χ4v) is 2.63. The van der Waals surface area contributed by atoms with Gasteiger partial charge in [0.15, 0.2) is 0 Å². The number of benzene rings is 1. The van der Waals surface area contributed by atoms with Crippen LogP contribution in [0.4, 0.5) is 4.39 Å². The fourth-order valence-electron chi connectivity index (χ4n) is 2.63. The number of hydrogen-bond donors (Lipinski definition) is 2. The van der Waals surface area contributed by atoms with Gasteiger partial charge in [0.05, 0.1) is 0 Å². The minimum Gasteiger partial charge on any atom is -0.480 e. The van der Waals surface area contributed by atoms with E-state index in [9.17, 15) is 14.0 Å². The Morgan fingerprint density at radius 2 is 1.90 bits per heavy atom. The highest BCUT2D eigenvalue weighted by atomic mass is 19.1. The molecule has 2 N–H and O–H groups in total. The summed E-state index contributed by atoms with van der Waals surface area (Å²) in [5.41, 5.74) is 0.935. The molecule has 0 heterocycles. The van der Waals surface area contributed by atoms with Gasteiger partial charge in [-0.2, -0.15) is 0 Å². The van der Waals surface area contributed by atoms with Crippen molar-refractivity contribution in [3.8, 4) is 0 Å². The topological polar surface area (TPSA) is 66.4 Å². The van der Waals surface area contributed by atoms with Crippen LogP contribution in [0.15, 0.2) is 24.3 Å². The highest BCUT2D eigenvalue weighted by Gasteiger charge is 2.46. The fraction of sp³-hybridized carbons (Fsp3) is 0.467. The first kappa shape index (κ1) is 13.1. The Hall–Kier alpha value is -1.91. The van der Waals surface area contributed by atoms with Crippen LogP contribution >= 0.6 is 0 Å². The van der Waals surface area contributed by atoms with Crippen molar-refractivity contribution in [3.63, 3.8) is 0 Å². The lowest BCUT2D eigenvalue weighted by molar-refractivity contribution is -0.142. The van der Waals surface area contributed by atoms with Crippen LogP contribution in [0, 0.1) is 17.7 Å². The molecule has 5 heteroatoms. The van der Waals surface area contributed by atoms with Gasteiger partial charge in [0.25, 0.3) is 0 Å². The first-order valence-electron chi connectivity index (χ1n) is 6.85. The molecule has 0 saturated heterocycles. The van der Waals surface area contributed by atoms with Crippen molar-refractivity contribution in [1.82, 2.24) is 5.32 Å². The number of carboxylic acids is 1. The van der Waals surface area contributed by atoms with Crippen molar-refractivity contribution in [2.45, 2.75) is 31.2 Å². The second-order valence-corrected chi connectivity index (χ2v) is 5.66. The highest BCUT2D eigenvalue weighted by molar-refractivity contribution is 5.87. The lowest BCUT2D eigenvalue weighted by Crippen LogP contribution is -2.43. The van der Waals surface area contributed by atoms with Crippen LogP contribution in [0.2, 0.25) is 0 Å². The van der Waals surface area contributed by atoms with Crippen LogP contribution in [0.1, 0.15) is 30.7 Å². The van der Waals surface area contributed by atoms with E-state index in [1.54, 1.807) is 12.1 Å². The Kier molecular flexibility index (Phi) is 3.20. The van der Waals surface area contributed by atoms with Crippen molar-refractivity contribution in [2.24, 2.45) is 11.8 Å². The summed E-state index contributed by atoms with van der Waals surface area (Å²) in [6.07, 6.45) is 2.43. The van der Waals surface area contributed by atoms with E-state index in [-0.39, 0.29) is 29.5 Å². The van der Waals surface area contributed by atoms with E-state index < -0.39 is 12.0 Å². The van der Waals surface area contributed by atoms with Crippen LogP contribution in [-0.4, -0.2) is 23.0 Å². The summed E-state index contributed by atoms with van der Waals surface area (Å²) in [7, 11) is 0. The van der Waals surface area contributed by atoms with E-state index in [1.165, 1.54) is 12.1 Å². The van der Waals surface area contributed by atoms with E-state index in [0.29, 0.717) is 6.42 Å². The molecule has 1 aromatic carbocycles.